The smallest absolute Gasteiger partial charge is 0.0234 e. The summed E-state index contributed by atoms with van der Waals surface area (Å²) in [4.78, 5) is 2.29. The highest BCUT2D eigenvalue weighted by atomic mass is 15.1. The van der Waals surface area contributed by atoms with Gasteiger partial charge in [-0.15, -0.1) is 0 Å². The van der Waals surface area contributed by atoms with Gasteiger partial charge in [-0.05, 0) is 44.6 Å². The van der Waals surface area contributed by atoms with Gasteiger partial charge in [-0.2, -0.15) is 0 Å². The Labute approximate surface area is 112 Å². The highest BCUT2D eigenvalue weighted by Crippen LogP contribution is 2.08. The minimum Gasteiger partial charge on any atom is -0.317 e. The van der Waals surface area contributed by atoms with E-state index in [4.69, 9.17) is 0 Å². The van der Waals surface area contributed by atoms with Gasteiger partial charge < -0.3 is 5.32 Å². The quantitative estimate of drug-likeness (QED) is 0.560. The van der Waals surface area contributed by atoms with Crippen LogP contribution in [0.3, 0.4) is 0 Å². The zero-order valence-corrected chi connectivity index (χ0v) is 12.0. The van der Waals surface area contributed by atoms with E-state index in [2.05, 4.69) is 62.0 Å². The summed E-state index contributed by atoms with van der Waals surface area (Å²) >= 11 is 0. The maximum absolute atomic E-state index is 3.94. The van der Waals surface area contributed by atoms with E-state index in [-0.39, 0.29) is 0 Å². The zero-order chi connectivity index (χ0) is 13.4. The van der Waals surface area contributed by atoms with Crippen LogP contribution in [0.1, 0.15) is 25.0 Å². The van der Waals surface area contributed by atoms with Crippen molar-refractivity contribution >= 4 is 0 Å². The second-order valence-corrected chi connectivity index (χ2v) is 5.05. The molecule has 0 aromatic heterocycles. The predicted octanol–water partition coefficient (Wildman–Crippen LogP) is 2.85. The Kier molecular flexibility index (Phi) is 6.69. The van der Waals surface area contributed by atoms with Gasteiger partial charge in [0.2, 0.25) is 0 Å². The standard InChI is InChI=1S/C16H26N2/c1-5-17-11-10-15-6-8-16(9-7-15)13-18(4)12-14(2)3/h6-9,17H,2,5,10-13H2,1,3-4H3. The second-order valence-electron chi connectivity index (χ2n) is 5.05. The monoisotopic (exact) mass is 246 g/mol. The van der Waals surface area contributed by atoms with E-state index >= 15 is 0 Å². The highest BCUT2D eigenvalue weighted by Gasteiger charge is 2.00. The van der Waals surface area contributed by atoms with Crippen LogP contribution in [0.5, 0.6) is 0 Å². The Balaban J connectivity index is 2.42. The molecule has 0 radical (unpaired) electrons. The van der Waals surface area contributed by atoms with Gasteiger partial charge in [0.05, 0.1) is 0 Å². The minimum absolute atomic E-state index is 0.960. The molecule has 0 aliphatic heterocycles. The van der Waals surface area contributed by atoms with Gasteiger partial charge in [-0.25, -0.2) is 0 Å². The molecule has 0 spiro atoms. The molecule has 1 N–H and O–H groups in total. The molecule has 0 saturated heterocycles. The van der Waals surface area contributed by atoms with Crippen LogP contribution in [0.25, 0.3) is 0 Å². The summed E-state index contributed by atoms with van der Waals surface area (Å²) in [6, 6.07) is 8.94. The molecule has 0 fully saturated rings. The van der Waals surface area contributed by atoms with Crippen molar-refractivity contribution in [1.29, 1.82) is 0 Å². The molecule has 0 amide bonds. The van der Waals surface area contributed by atoms with Crippen LogP contribution in [0.15, 0.2) is 36.4 Å². The van der Waals surface area contributed by atoms with Gasteiger partial charge in [-0.1, -0.05) is 43.3 Å². The lowest BCUT2D eigenvalue weighted by atomic mass is 10.1. The Morgan fingerprint density at radius 2 is 1.83 bits per heavy atom. The Bertz CT molecular complexity index is 354. The van der Waals surface area contributed by atoms with E-state index in [1.165, 1.54) is 16.7 Å². The molecule has 0 aliphatic rings. The Hall–Kier alpha value is -1.12. The normalized spacial score (nSPS) is 10.9. The number of nitrogens with one attached hydrogen (secondary N) is 1. The van der Waals surface area contributed by atoms with Gasteiger partial charge in [0.15, 0.2) is 0 Å². The van der Waals surface area contributed by atoms with E-state index in [0.717, 1.165) is 32.6 Å². The fraction of sp³-hybridized carbons (Fsp3) is 0.500. The molecule has 0 saturated carbocycles. The van der Waals surface area contributed by atoms with Gasteiger partial charge in [0.1, 0.15) is 0 Å². The molecule has 0 unspecified atom stereocenters. The van der Waals surface area contributed by atoms with Crippen molar-refractivity contribution in [2.75, 3.05) is 26.7 Å². The van der Waals surface area contributed by atoms with Crippen molar-refractivity contribution in [3.05, 3.63) is 47.5 Å². The van der Waals surface area contributed by atoms with Crippen LogP contribution in [0.2, 0.25) is 0 Å². The van der Waals surface area contributed by atoms with E-state index in [0.29, 0.717) is 0 Å². The number of hydrogen-bond donors (Lipinski definition) is 1. The SMILES string of the molecule is C=C(C)CN(C)Cc1ccc(CCNCC)cc1. The van der Waals surface area contributed by atoms with Crippen molar-refractivity contribution in [2.24, 2.45) is 0 Å². The molecule has 0 heterocycles. The van der Waals surface area contributed by atoms with Crippen molar-refractivity contribution in [2.45, 2.75) is 26.8 Å². The molecule has 0 bridgehead atoms. The maximum Gasteiger partial charge on any atom is 0.0234 e. The van der Waals surface area contributed by atoms with E-state index < -0.39 is 0 Å². The molecule has 0 atom stereocenters. The fourth-order valence-electron chi connectivity index (χ4n) is 2.05. The number of likely N-dealkylation sites (N-methyl/N-ethyl adjacent to an activating group) is 2. The van der Waals surface area contributed by atoms with Gasteiger partial charge in [0, 0.05) is 13.1 Å². The molecule has 1 rings (SSSR count). The lowest BCUT2D eigenvalue weighted by molar-refractivity contribution is 0.355. The average Bonchev–Trinajstić information content (AvgIpc) is 2.30. The summed E-state index contributed by atoms with van der Waals surface area (Å²) in [5, 5.41) is 3.35. The first-order valence-corrected chi connectivity index (χ1v) is 6.73. The first-order valence-electron chi connectivity index (χ1n) is 6.73. The molecule has 2 heteroatoms. The van der Waals surface area contributed by atoms with Crippen LogP contribution in [0.4, 0.5) is 0 Å². The summed E-state index contributed by atoms with van der Waals surface area (Å²) in [5.74, 6) is 0. The summed E-state index contributed by atoms with van der Waals surface area (Å²) in [5.41, 5.74) is 3.98. The molecule has 2 nitrogen and oxygen atoms in total. The number of hydrogen-bond acceptors (Lipinski definition) is 2. The maximum atomic E-state index is 3.94. The second kappa shape index (κ2) is 8.06. The first-order chi connectivity index (χ1) is 8.61. The van der Waals surface area contributed by atoms with Crippen LogP contribution in [-0.4, -0.2) is 31.6 Å². The average molecular weight is 246 g/mol. The van der Waals surface area contributed by atoms with Crippen molar-refractivity contribution < 1.29 is 0 Å². The van der Waals surface area contributed by atoms with Crippen molar-refractivity contribution in [3.63, 3.8) is 0 Å². The summed E-state index contributed by atoms with van der Waals surface area (Å²) in [6.45, 7) is 12.2. The topological polar surface area (TPSA) is 15.3 Å². The number of rotatable bonds is 8. The zero-order valence-electron chi connectivity index (χ0n) is 12.0. The lowest BCUT2D eigenvalue weighted by Crippen LogP contribution is -2.19. The van der Waals surface area contributed by atoms with Crippen LogP contribution in [0, 0.1) is 0 Å². The Morgan fingerprint density at radius 1 is 1.22 bits per heavy atom. The highest BCUT2D eigenvalue weighted by molar-refractivity contribution is 5.22. The fourth-order valence-corrected chi connectivity index (χ4v) is 2.05. The Morgan fingerprint density at radius 3 is 2.39 bits per heavy atom. The van der Waals surface area contributed by atoms with E-state index in [1.807, 2.05) is 0 Å². The third-order valence-corrected chi connectivity index (χ3v) is 2.86. The number of benzene rings is 1. The van der Waals surface area contributed by atoms with Gasteiger partial charge in [0.25, 0.3) is 0 Å². The van der Waals surface area contributed by atoms with Crippen LogP contribution in [-0.2, 0) is 13.0 Å². The van der Waals surface area contributed by atoms with E-state index in [1.54, 1.807) is 0 Å². The summed E-state index contributed by atoms with van der Waals surface area (Å²) in [7, 11) is 2.13. The summed E-state index contributed by atoms with van der Waals surface area (Å²) in [6.07, 6.45) is 1.11. The molecule has 1 aromatic carbocycles. The third-order valence-electron chi connectivity index (χ3n) is 2.86. The van der Waals surface area contributed by atoms with Crippen LogP contribution >= 0.6 is 0 Å². The molecular formula is C16H26N2. The molecular weight excluding hydrogens is 220 g/mol. The summed E-state index contributed by atoms with van der Waals surface area (Å²) < 4.78 is 0. The molecule has 1 aromatic rings. The van der Waals surface area contributed by atoms with E-state index in [9.17, 15) is 0 Å². The predicted molar refractivity (Wildman–Crippen MR) is 79.8 cm³/mol. The van der Waals surface area contributed by atoms with Crippen molar-refractivity contribution in [3.8, 4) is 0 Å². The minimum atomic E-state index is 0.960. The largest absolute Gasteiger partial charge is 0.317 e. The lowest BCUT2D eigenvalue weighted by Gasteiger charge is -2.16. The molecule has 18 heavy (non-hydrogen) atoms. The molecule has 0 aliphatic carbocycles. The van der Waals surface area contributed by atoms with Crippen LogP contribution < -0.4 is 5.32 Å². The van der Waals surface area contributed by atoms with Gasteiger partial charge in [-0.3, -0.25) is 4.90 Å². The third kappa shape index (κ3) is 5.99. The van der Waals surface area contributed by atoms with Gasteiger partial charge >= 0.3 is 0 Å². The first kappa shape index (κ1) is 14.9. The van der Waals surface area contributed by atoms with Crippen molar-refractivity contribution in [1.82, 2.24) is 10.2 Å². The number of nitrogens with zero attached hydrogens (tertiary/aromatic N) is 1. The molecule has 100 valence electrons.